The van der Waals surface area contributed by atoms with Gasteiger partial charge in [0, 0.05) is 6.92 Å². The molecule has 0 aliphatic heterocycles. The second kappa shape index (κ2) is 4.25. The summed E-state index contributed by atoms with van der Waals surface area (Å²) in [6.07, 6.45) is 1.09. The average molecular weight is 116 g/mol. The van der Waals surface area contributed by atoms with Crippen LogP contribution < -0.4 is 0 Å². The lowest BCUT2D eigenvalue weighted by molar-refractivity contribution is -0.109. The van der Waals surface area contributed by atoms with Gasteiger partial charge < -0.3 is 0 Å². The Morgan fingerprint density at radius 3 is 2.57 bits per heavy atom. The van der Waals surface area contributed by atoms with Gasteiger partial charge in [-0.2, -0.15) is 0 Å². The highest BCUT2D eigenvalue weighted by Crippen LogP contribution is 2.00. The first-order valence-electron chi connectivity index (χ1n) is 2.40. The lowest BCUT2D eigenvalue weighted by atomic mass is 10.1. The van der Waals surface area contributed by atoms with Gasteiger partial charge >= 0.3 is 0 Å². The van der Waals surface area contributed by atoms with Crippen molar-refractivity contribution in [2.45, 2.75) is 13.2 Å². The maximum absolute atomic E-state index is 10.2. The molecule has 0 aliphatic rings. The summed E-state index contributed by atoms with van der Waals surface area (Å²) in [6.45, 7) is 1.60. The molecule has 0 aromatic carbocycles. The summed E-state index contributed by atoms with van der Waals surface area (Å²) < 4.78 is 0. The zero-order valence-corrected chi connectivity index (χ0v) is 5.55. The van der Waals surface area contributed by atoms with Crippen molar-refractivity contribution in [1.29, 1.82) is 0 Å². The smallest absolute Gasteiger partial charge is 0.185 e. The number of carbonyl (C=O) groups is 1. The maximum atomic E-state index is 10.2. The molecule has 0 heterocycles. The number of hydrogen-bond acceptors (Lipinski definition) is 2. The van der Waals surface area contributed by atoms with E-state index in [9.17, 15) is 4.79 Å². The molecule has 40 valence electrons. The lowest BCUT2D eigenvalue weighted by Crippen LogP contribution is -1.83. The molecular weight excluding hydrogens is 107 g/mol. The molecule has 0 radical (unpaired) electrons. The first-order chi connectivity index (χ1) is 3.27. The number of thioether (sulfide) groups is 1. The monoisotopic (exact) mass is 116 g/mol. The van der Waals surface area contributed by atoms with Crippen LogP contribution >= 0.6 is 11.8 Å². The molecule has 0 N–H and O–H groups in total. The Hall–Kier alpha value is 0.0849. The first-order valence-corrected chi connectivity index (χ1v) is 3.39. The van der Waals surface area contributed by atoms with Crippen molar-refractivity contribution in [2.75, 3.05) is 5.75 Å². The van der Waals surface area contributed by atoms with Crippen LogP contribution in [0.5, 0.6) is 0 Å². The standard InChI is InChI=1S/C4H9BOS/c1-4(6)7-3-2-5/h2-3,5H2,1H3. The van der Waals surface area contributed by atoms with Crippen LogP contribution in [-0.2, 0) is 4.79 Å². The van der Waals surface area contributed by atoms with E-state index in [1.54, 1.807) is 6.92 Å². The summed E-state index contributed by atoms with van der Waals surface area (Å²) in [5.74, 6) is 0.968. The minimum absolute atomic E-state index is 0.224. The maximum Gasteiger partial charge on any atom is 0.185 e. The summed E-state index contributed by atoms with van der Waals surface area (Å²) in [5.41, 5.74) is 0. The predicted octanol–water partition coefficient (Wildman–Crippen LogP) is 0.317. The van der Waals surface area contributed by atoms with Gasteiger partial charge in [-0.1, -0.05) is 18.1 Å². The van der Waals surface area contributed by atoms with Gasteiger partial charge in [0.05, 0.1) is 0 Å². The summed E-state index contributed by atoms with van der Waals surface area (Å²) in [6, 6.07) is 0. The largest absolute Gasteiger partial charge is 0.288 e. The van der Waals surface area contributed by atoms with Crippen LogP contribution in [0.4, 0.5) is 0 Å². The molecule has 0 aliphatic carbocycles. The number of rotatable bonds is 2. The summed E-state index contributed by atoms with van der Waals surface area (Å²) in [4.78, 5) is 10.2. The zero-order valence-electron chi connectivity index (χ0n) is 4.73. The van der Waals surface area contributed by atoms with Crippen LogP contribution in [0.1, 0.15) is 6.92 Å². The molecule has 0 amide bonds. The Labute approximate surface area is 49.3 Å². The highest BCUT2D eigenvalue weighted by molar-refractivity contribution is 8.13. The summed E-state index contributed by atoms with van der Waals surface area (Å²) in [7, 11) is 2.07. The molecule has 3 heteroatoms. The fourth-order valence-corrected chi connectivity index (χ4v) is 0.737. The van der Waals surface area contributed by atoms with Crippen LogP contribution in [0.3, 0.4) is 0 Å². The van der Waals surface area contributed by atoms with E-state index in [-0.39, 0.29) is 5.12 Å². The highest BCUT2D eigenvalue weighted by Gasteiger charge is 1.87. The van der Waals surface area contributed by atoms with E-state index in [0.29, 0.717) is 0 Å². The second-order valence-corrected chi connectivity index (χ2v) is 2.61. The van der Waals surface area contributed by atoms with E-state index in [1.807, 2.05) is 0 Å². The van der Waals surface area contributed by atoms with E-state index >= 15 is 0 Å². The topological polar surface area (TPSA) is 17.1 Å². The number of carbonyl (C=O) groups excluding carboxylic acids is 1. The quantitative estimate of drug-likeness (QED) is 0.483. The molecule has 1 nitrogen and oxygen atoms in total. The molecule has 0 spiro atoms. The van der Waals surface area contributed by atoms with Crippen LogP contribution in [0, 0.1) is 0 Å². The van der Waals surface area contributed by atoms with E-state index < -0.39 is 0 Å². The molecule has 0 bridgehead atoms. The van der Waals surface area contributed by atoms with Gasteiger partial charge in [0.25, 0.3) is 0 Å². The van der Waals surface area contributed by atoms with Gasteiger partial charge in [0.2, 0.25) is 0 Å². The molecular formula is C4H9BOS. The molecule has 0 aromatic rings. The van der Waals surface area contributed by atoms with Crippen molar-refractivity contribution in [3.05, 3.63) is 0 Å². The Bertz CT molecular complexity index is 64.7. The molecule has 0 unspecified atom stereocenters. The van der Waals surface area contributed by atoms with Gasteiger partial charge in [-0.3, -0.25) is 4.79 Å². The van der Waals surface area contributed by atoms with E-state index in [1.165, 1.54) is 11.8 Å². The first kappa shape index (κ1) is 7.08. The Morgan fingerprint density at radius 1 is 1.86 bits per heavy atom. The van der Waals surface area contributed by atoms with Gasteiger partial charge in [-0.05, 0) is 5.75 Å². The third-order valence-corrected chi connectivity index (χ3v) is 1.53. The lowest BCUT2D eigenvalue weighted by Gasteiger charge is -1.86. The molecule has 0 atom stereocenters. The number of hydrogen-bond donors (Lipinski definition) is 0. The van der Waals surface area contributed by atoms with Gasteiger partial charge in [-0.15, -0.1) is 0 Å². The summed E-state index contributed by atoms with van der Waals surface area (Å²) >= 11 is 1.39. The minimum Gasteiger partial charge on any atom is -0.288 e. The molecule has 7 heavy (non-hydrogen) atoms. The Balaban J connectivity index is 2.82. The molecule has 0 saturated carbocycles. The van der Waals surface area contributed by atoms with Gasteiger partial charge in [0.15, 0.2) is 5.12 Å². The zero-order chi connectivity index (χ0) is 5.70. The van der Waals surface area contributed by atoms with E-state index in [2.05, 4.69) is 7.85 Å². The second-order valence-electron chi connectivity index (χ2n) is 1.34. The average Bonchev–Trinajstić information content (AvgIpc) is 1.61. The van der Waals surface area contributed by atoms with E-state index in [0.717, 1.165) is 12.1 Å². The van der Waals surface area contributed by atoms with Crippen LogP contribution in [0.25, 0.3) is 0 Å². The third-order valence-electron chi connectivity index (χ3n) is 0.509. The normalized spacial score (nSPS) is 8.71. The van der Waals surface area contributed by atoms with Crippen molar-refractivity contribution in [3.63, 3.8) is 0 Å². The predicted molar refractivity (Wildman–Crippen MR) is 36.5 cm³/mol. The molecule has 0 aromatic heterocycles. The molecule has 0 rings (SSSR count). The fraction of sp³-hybridized carbons (Fsp3) is 0.750. The fourth-order valence-electron chi connectivity index (χ4n) is 0.246. The van der Waals surface area contributed by atoms with Crippen LogP contribution in [-0.4, -0.2) is 18.7 Å². The van der Waals surface area contributed by atoms with Crippen molar-refractivity contribution < 1.29 is 4.79 Å². The molecule has 0 saturated heterocycles. The van der Waals surface area contributed by atoms with Gasteiger partial charge in [0.1, 0.15) is 7.85 Å². The van der Waals surface area contributed by atoms with E-state index in [4.69, 9.17) is 0 Å². The molecule has 0 fully saturated rings. The Morgan fingerprint density at radius 2 is 2.43 bits per heavy atom. The summed E-state index contributed by atoms with van der Waals surface area (Å²) in [5, 5.41) is 0.224. The van der Waals surface area contributed by atoms with Crippen molar-refractivity contribution in [2.24, 2.45) is 0 Å². The minimum atomic E-state index is 0.224. The SMILES string of the molecule is BCCSC(C)=O. The van der Waals surface area contributed by atoms with Crippen LogP contribution in [0.15, 0.2) is 0 Å². The Kier molecular flexibility index (Phi) is 4.30. The van der Waals surface area contributed by atoms with Crippen LogP contribution in [0.2, 0.25) is 6.32 Å². The highest BCUT2D eigenvalue weighted by atomic mass is 32.2. The third kappa shape index (κ3) is 6.08. The van der Waals surface area contributed by atoms with Crippen molar-refractivity contribution in [1.82, 2.24) is 0 Å². The van der Waals surface area contributed by atoms with Crippen molar-refractivity contribution >= 4 is 24.7 Å². The van der Waals surface area contributed by atoms with Crippen molar-refractivity contribution in [3.8, 4) is 0 Å². The van der Waals surface area contributed by atoms with Gasteiger partial charge in [-0.25, -0.2) is 0 Å².